The Labute approximate surface area is 127 Å². The molecule has 106 valence electrons. The Balaban J connectivity index is 1.80. The second-order valence-corrected chi connectivity index (χ2v) is 7.54. The summed E-state index contributed by atoms with van der Waals surface area (Å²) >= 11 is 5.35. The first-order valence-electron chi connectivity index (χ1n) is 6.96. The van der Waals surface area contributed by atoms with Crippen LogP contribution in [0.3, 0.4) is 0 Å². The number of benzene rings is 1. The number of rotatable bonds is 5. The maximum atomic E-state index is 13.6. The van der Waals surface area contributed by atoms with E-state index in [0.29, 0.717) is 12.0 Å². The molecule has 1 aromatic rings. The fourth-order valence-corrected chi connectivity index (χ4v) is 4.24. The number of hydrogen-bond acceptors (Lipinski definition) is 2. The minimum Gasteiger partial charge on any atom is -0.327 e. The van der Waals surface area contributed by atoms with Crippen molar-refractivity contribution in [2.45, 2.75) is 49.8 Å². The van der Waals surface area contributed by atoms with Crippen LogP contribution in [0.25, 0.3) is 0 Å². The third-order valence-electron chi connectivity index (χ3n) is 3.59. The summed E-state index contributed by atoms with van der Waals surface area (Å²) < 4.78 is 14.6. The molecule has 1 fully saturated rings. The fraction of sp³-hybridized carbons (Fsp3) is 0.600. The van der Waals surface area contributed by atoms with Gasteiger partial charge in [-0.25, -0.2) is 4.39 Å². The van der Waals surface area contributed by atoms with E-state index in [1.54, 1.807) is 6.07 Å². The van der Waals surface area contributed by atoms with Crippen molar-refractivity contribution >= 4 is 27.7 Å². The summed E-state index contributed by atoms with van der Waals surface area (Å²) in [6, 6.07) is 5.10. The van der Waals surface area contributed by atoms with E-state index in [4.69, 9.17) is 5.73 Å². The minimum absolute atomic E-state index is 0.0377. The Hall–Kier alpha value is -0.0600. The summed E-state index contributed by atoms with van der Waals surface area (Å²) in [5, 5.41) is 0.771. The van der Waals surface area contributed by atoms with E-state index in [1.165, 1.54) is 38.2 Å². The Kier molecular flexibility index (Phi) is 6.17. The van der Waals surface area contributed by atoms with E-state index in [-0.39, 0.29) is 11.9 Å². The Morgan fingerprint density at radius 1 is 1.32 bits per heavy atom. The molecule has 1 nitrogen and oxygen atoms in total. The smallest absolute Gasteiger partial charge is 0.126 e. The van der Waals surface area contributed by atoms with E-state index in [0.717, 1.165) is 15.5 Å². The molecule has 0 spiro atoms. The molecule has 1 aliphatic carbocycles. The van der Waals surface area contributed by atoms with Crippen LogP contribution in [-0.2, 0) is 6.42 Å². The van der Waals surface area contributed by atoms with Gasteiger partial charge in [-0.15, -0.1) is 0 Å². The summed E-state index contributed by atoms with van der Waals surface area (Å²) in [5.74, 6) is 0.776. The molecule has 0 aliphatic heterocycles. The molecule has 1 aromatic carbocycles. The average Bonchev–Trinajstić information content (AvgIpc) is 2.42. The molecule has 1 unspecified atom stereocenters. The van der Waals surface area contributed by atoms with E-state index in [1.807, 2.05) is 17.8 Å². The Bertz CT molecular complexity index is 407. The van der Waals surface area contributed by atoms with Gasteiger partial charge in [0.2, 0.25) is 0 Å². The summed E-state index contributed by atoms with van der Waals surface area (Å²) in [6.45, 7) is 0. The van der Waals surface area contributed by atoms with Gasteiger partial charge in [-0.1, -0.05) is 35.2 Å². The third-order valence-corrected chi connectivity index (χ3v) is 5.64. The van der Waals surface area contributed by atoms with Gasteiger partial charge in [-0.3, -0.25) is 0 Å². The van der Waals surface area contributed by atoms with Gasteiger partial charge >= 0.3 is 0 Å². The van der Waals surface area contributed by atoms with Gasteiger partial charge in [0.1, 0.15) is 5.82 Å². The normalized spacial score (nSPS) is 18.5. The Morgan fingerprint density at radius 2 is 2.05 bits per heavy atom. The monoisotopic (exact) mass is 345 g/mol. The van der Waals surface area contributed by atoms with Crippen molar-refractivity contribution in [1.29, 1.82) is 0 Å². The van der Waals surface area contributed by atoms with Crippen molar-refractivity contribution in [2.75, 3.05) is 5.75 Å². The standard InChI is InChI=1S/C15H21BrFNS/c16-12-6-7-15(17)11(8-12)9-13(18)10-19-14-4-2-1-3-5-14/h6-8,13-14H,1-5,9-10,18H2. The van der Waals surface area contributed by atoms with Gasteiger partial charge in [-0.2, -0.15) is 11.8 Å². The van der Waals surface area contributed by atoms with Crippen LogP contribution >= 0.6 is 27.7 Å². The van der Waals surface area contributed by atoms with E-state index < -0.39 is 0 Å². The highest BCUT2D eigenvalue weighted by molar-refractivity contribution is 9.10. The number of thioether (sulfide) groups is 1. The lowest BCUT2D eigenvalue weighted by atomic mass is 10.0. The summed E-state index contributed by atoms with van der Waals surface area (Å²) in [7, 11) is 0. The first-order valence-corrected chi connectivity index (χ1v) is 8.80. The van der Waals surface area contributed by atoms with Gasteiger partial charge in [-0.05, 0) is 43.0 Å². The van der Waals surface area contributed by atoms with Crippen LogP contribution in [0.5, 0.6) is 0 Å². The van der Waals surface area contributed by atoms with Crippen LogP contribution in [0.2, 0.25) is 0 Å². The van der Waals surface area contributed by atoms with E-state index in [9.17, 15) is 4.39 Å². The van der Waals surface area contributed by atoms with Crippen molar-refractivity contribution in [3.63, 3.8) is 0 Å². The van der Waals surface area contributed by atoms with Gasteiger partial charge in [0, 0.05) is 21.5 Å². The van der Waals surface area contributed by atoms with Crippen LogP contribution in [0.4, 0.5) is 4.39 Å². The molecule has 2 rings (SSSR count). The first kappa shape index (κ1) is 15.3. The third kappa shape index (κ3) is 5.09. The summed E-state index contributed by atoms with van der Waals surface area (Å²) in [6.07, 6.45) is 7.35. The largest absolute Gasteiger partial charge is 0.327 e. The lowest BCUT2D eigenvalue weighted by Gasteiger charge is -2.22. The lowest BCUT2D eigenvalue weighted by Crippen LogP contribution is -2.27. The van der Waals surface area contributed by atoms with Crippen molar-refractivity contribution in [3.8, 4) is 0 Å². The molecular formula is C15H21BrFNS. The second kappa shape index (κ2) is 7.65. The predicted octanol–water partition coefficient (Wildman–Crippen LogP) is 4.52. The van der Waals surface area contributed by atoms with Crippen LogP contribution < -0.4 is 5.73 Å². The highest BCUT2D eigenvalue weighted by atomic mass is 79.9. The van der Waals surface area contributed by atoms with E-state index in [2.05, 4.69) is 15.9 Å². The number of halogens is 2. The van der Waals surface area contributed by atoms with Crippen LogP contribution in [0.15, 0.2) is 22.7 Å². The van der Waals surface area contributed by atoms with Gasteiger partial charge in [0.25, 0.3) is 0 Å². The molecule has 0 heterocycles. The first-order chi connectivity index (χ1) is 9.15. The zero-order valence-corrected chi connectivity index (χ0v) is 13.5. The molecule has 0 saturated heterocycles. The topological polar surface area (TPSA) is 26.0 Å². The maximum Gasteiger partial charge on any atom is 0.126 e. The average molecular weight is 346 g/mol. The molecule has 1 atom stereocenters. The zero-order valence-electron chi connectivity index (χ0n) is 11.1. The molecule has 4 heteroatoms. The van der Waals surface area contributed by atoms with Gasteiger partial charge in [0.05, 0.1) is 0 Å². The van der Waals surface area contributed by atoms with Crippen molar-refractivity contribution in [1.82, 2.24) is 0 Å². The fourth-order valence-electron chi connectivity index (χ4n) is 2.53. The predicted molar refractivity (Wildman–Crippen MR) is 85.1 cm³/mol. The summed E-state index contributed by atoms with van der Waals surface area (Å²) in [4.78, 5) is 0. The highest BCUT2D eigenvalue weighted by Crippen LogP contribution is 2.28. The van der Waals surface area contributed by atoms with Crippen molar-refractivity contribution in [2.24, 2.45) is 5.73 Å². The molecule has 1 aliphatic rings. The van der Waals surface area contributed by atoms with Crippen molar-refractivity contribution < 1.29 is 4.39 Å². The van der Waals surface area contributed by atoms with Gasteiger partial charge < -0.3 is 5.73 Å². The quantitative estimate of drug-likeness (QED) is 0.848. The molecular weight excluding hydrogens is 325 g/mol. The molecule has 19 heavy (non-hydrogen) atoms. The molecule has 2 N–H and O–H groups in total. The number of nitrogens with two attached hydrogens (primary N) is 1. The highest BCUT2D eigenvalue weighted by Gasteiger charge is 2.16. The molecule has 1 saturated carbocycles. The molecule has 0 radical (unpaired) electrons. The molecule has 0 bridgehead atoms. The van der Waals surface area contributed by atoms with Crippen LogP contribution in [-0.4, -0.2) is 17.0 Å². The minimum atomic E-state index is -0.152. The van der Waals surface area contributed by atoms with Crippen LogP contribution in [0, 0.1) is 5.82 Å². The SMILES string of the molecule is NC(CSC1CCCCC1)Cc1cc(Br)ccc1F. The number of hydrogen-bond donors (Lipinski definition) is 1. The van der Waals surface area contributed by atoms with E-state index >= 15 is 0 Å². The Morgan fingerprint density at radius 3 is 2.79 bits per heavy atom. The van der Waals surface area contributed by atoms with Crippen LogP contribution in [0.1, 0.15) is 37.7 Å². The zero-order chi connectivity index (χ0) is 13.7. The summed E-state index contributed by atoms with van der Waals surface area (Å²) in [5.41, 5.74) is 6.85. The maximum absolute atomic E-state index is 13.6. The lowest BCUT2D eigenvalue weighted by molar-refractivity contribution is 0.515. The molecule has 0 amide bonds. The van der Waals surface area contributed by atoms with Gasteiger partial charge in [0.15, 0.2) is 0 Å². The molecule has 0 aromatic heterocycles. The second-order valence-electron chi connectivity index (χ2n) is 5.29. The van der Waals surface area contributed by atoms with Crippen molar-refractivity contribution in [3.05, 3.63) is 34.1 Å².